The number of halogens is 1. The Bertz CT molecular complexity index is 1350. The van der Waals surface area contributed by atoms with Gasteiger partial charge in [-0.1, -0.05) is 12.1 Å². The smallest absolute Gasteiger partial charge is 0.348 e. The summed E-state index contributed by atoms with van der Waals surface area (Å²) in [5.74, 6) is -1.79. The van der Waals surface area contributed by atoms with Crippen LogP contribution in [0.2, 0.25) is 0 Å². The molecule has 0 spiro atoms. The second-order valence-corrected chi connectivity index (χ2v) is 7.73. The molecular weight excluding hydrogens is 439 g/mol. The molecule has 0 saturated heterocycles. The third kappa shape index (κ3) is 4.18. The fourth-order valence-corrected chi connectivity index (χ4v) is 4.11. The summed E-state index contributed by atoms with van der Waals surface area (Å²) in [6, 6.07) is 13.1. The Kier molecular flexibility index (Phi) is 5.65. The largest absolute Gasteiger partial charge is 0.451 e. The summed E-state index contributed by atoms with van der Waals surface area (Å²) in [5, 5.41) is 18.6. The SMILES string of the molecule is Cc1nn(-c2ccc(F)cc2)c2sc(C(=O)OCC(=O)Nc3ccccc3[N+](=O)[O-])cc12. The number of nitrogens with one attached hydrogen (secondary N) is 1. The highest BCUT2D eigenvalue weighted by Crippen LogP contribution is 2.31. The maximum absolute atomic E-state index is 13.2. The lowest BCUT2D eigenvalue weighted by Gasteiger charge is -2.06. The molecule has 0 fully saturated rings. The second kappa shape index (κ2) is 8.55. The molecule has 0 saturated carbocycles. The fourth-order valence-electron chi connectivity index (χ4n) is 3.03. The molecule has 9 nitrogen and oxygen atoms in total. The standard InChI is InChI=1S/C21H15FN4O5S/c1-12-15-10-18(32-20(15)25(24-12)14-8-6-13(22)7-9-14)21(28)31-11-19(27)23-16-4-2-3-5-17(16)26(29)30/h2-10H,11H2,1H3,(H,23,27). The monoisotopic (exact) mass is 454 g/mol. The lowest BCUT2D eigenvalue weighted by atomic mass is 10.2. The molecule has 2 heterocycles. The van der Waals surface area contributed by atoms with E-state index in [-0.39, 0.29) is 22.1 Å². The van der Waals surface area contributed by atoms with Crippen LogP contribution in [0.1, 0.15) is 15.4 Å². The van der Waals surface area contributed by atoms with Crippen LogP contribution in [0.3, 0.4) is 0 Å². The van der Waals surface area contributed by atoms with E-state index in [1.807, 2.05) is 0 Å². The molecule has 2 aromatic heterocycles. The van der Waals surface area contributed by atoms with Crippen molar-refractivity contribution in [3.63, 3.8) is 0 Å². The van der Waals surface area contributed by atoms with Crippen LogP contribution in [-0.4, -0.2) is 33.2 Å². The minimum Gasteiger partial charge on any atom is -0.451 e. The number of fused-ring (bicyclic) bond motifs is 1. The first-order valence-electron chi connectivity index (χ1n) is 9.29. The first-order valence-corrected chi connectivity index (χ1v) is 10.1. The van der Waals surface area contributed by atoms with Crippen molar-refractivity contribution in [2.45, 2.75) is 6.92 Å². The van der Waals surface area contributed by atoms with Crippen molar-refractivity contribution in [1.29, 1.82) is 0 Å². The van der Waals surface area contributed by atoms with Crippen LogP contribution in [0.15, 0.2) is 54.6 Å². The first kappa shape index (κ1) is 21.1. The van der Waals surface area contributed by atoms with Gasteiger partial charge in [0.2, 0.25) is 0 Å². The fraction of sp³-hybridized carbons (Fsp3) is 0.0952. The van der Waals surface area contributed by atoms with Crippen molar-refractivity contribution >= 4 is 44.8 Å². The third-order valence-electron chi connectivity index (χ3n) is 4.53. The van der Waals surface area contributed by atoms with Crippen molar-refractivity contribution < 1.29 is 23.6 Å². The van der Waals surface area contributed by atoms with Gasteiger partial charge in [0.25, 0.3) is 11.6 Å². The highest BCUT2D eigenvalue weighted by molar-refractivity contribution is 7.20. The molecule has 0 bridgehead atoms. The molecule has 0 unspecified atom stereocenters. The van der Waals surface area contributed by atoms with Gasteiger partial charge in [-0.3, -0.25) is 14.9 Å². The maximum atomic E-state index is 13.2. The molecule has 0 radical (unpaired) electrons. The van der Waals surface area contributed by atoms with Gasteiger partial charge in [-0.25, -0.2) is 13.9 Å². The molecule has 2 aromatic carbocycles. The molecule has 1 N–H and O–H groups in total. The number of thiophene rings is 1. The van der Waals surface area contributed by atoms with Crippen LogP contribution >= 0.6 is 11.3 Å². The van der Waals surface area contributed by atoms with Crippen molar-refractivity contribution in [1.82, 2.24) is 9.78 Å². The summed E-state index contributed by atoms with van der Waals surface area (Å²) in [7, 11) is 0. The van der Waals surface area contributed by atoms with Gasteiger partial charge < -0.3 is 10.1 Å². The van der Waals surface area contributed by atoms with Crippen molar-refractivity contribution in [3.05, 3.63) is 81.1 Å². The zero-order chi connectivity index (χ0) is 22.8. The van der Waals surface area contributed by atoms with Crippen LogP contribution in [-0.2, 0) is 9.53 Å². The van der Waals surface area contributed by atoms with Crippen molar-refractivity contribution in [2.24, 2.45) is 0 Å². The molecular formula is C21H15FN4O5S. The number of carbonyl (C=O) groups is 2. The predicted molar refractivity (Wildman–Crippen MR) is 116 cm³/mol. The minimum atomic E-state index is -0.714. The number of ether oxygens (including phenoxy) is 1. The third-order valence-corrected chi connectivity index (χ3v) is 5.62. The molecule has 0 aliphatic heterocycles. The van der Waals surface area contributed by atoms with Gasteiger partial charge in [0.1, 0.15) is 21.2 Å². The van der Waals surface area contributed by atoms with E-state index in [0.717, 1.165) is 16.7 Å². The highest BCUT2D eigenvalue weighted by Gasteiger charge is 2.20. The molecule has 0 aliphatic carbocycles. The Morgan fingerprint density at radius 2 is 1.94 bits per heavy atom. The molecule has 11 heteroatoms. The highest BCUT2D eigenvalue weighted by atomic mass is 32.1. The Labute approximate surface area is 184 Å². The molecule has 0 atom stereocenters. The average molecular weight is 454 g/mol. The van der Waals surface area contributed by atoms with Gasteiger partial charge in [-0.15, -0.1) is 11.3 Å². The number of benzene rings is 2. The quantitative estimate of drug-likeness (QED) is 0.265. The van der Waals surface area contributed by atoms with Crippen LogP contribution in [0.4, 0.5) is 15.8 Å². The zero-order valence-electron chi connectivity index (χ0n) is 16.6. The predicted octanol–water partition coefficient (Wildman–Crippen LogP) is 4.24. The summed E-state index contributed by atoms with van der Waals surface area (Å²) >= 11 is 1.13. The van der Waals surface area contributed by atoms with Crippen molar-refractivity contribution in [3.8, 4) is 5.69 Å². The Morgan fingerprint density at radius 1 is 1.22 bits per heavy atom. The van der Waals surface area contributed by atoms with E-state index in [0.29, 0.717) is 16.2 Å². The molecule has 4 aromatic rings. The lowest BCUT2D eigenvalue weighted by molar-refractivity contribution is -0.383. The average Bonchev–Trinajstić information content (AvgIpc) is 3.34. The van der Waals surface area contributed by atoms with Crippen LogP contribution < -0.4 is 5.32 Å². The van der Waals surface area contributed by atoms with Crippen molar-refractivity contribution in [2.75, 3.05) is 11.9 Å². The minimum absolute atomic E-state index is 0.00965. The number of carbonyl (C=O) groups excluding carboxylic acids is 2. The summed E-state index contributed by atoms with van der Waals surface area (Å²) in [5.41, 5.74) is 1.05. The number of amides is 1. The van der Waals surface area contributed by atoms with Gasteiger partial charge in [0.15, 0.2) is 6.61 Å². The number of rotatable bonds is 6. The topological polar surface area (TPSA) is 116 Å². The Hall–Kier alpha value is -4.12. The molecule has 162 valence electrons. The van der Waals surface area contributed by atoms with E-state index < -0.39 is 23.4 Å². The first-order chi connectivity index (χ1) is 15.3. The van der Waals surface area contributed by atoms with Gasteiger partial charge >= 0.3 is 5.97 Å². The summed E-state index contributed by atoms with van der Waals surface area (Å²) in [6.07, 6.45) is 0. The number of nitro benzene ring substituents is 1. The van der Waals surface area contributed by atoms with Crippen LogP contribution in [0.5, 0.6) is 0 Å². The summed E-state index contributed by atoms with van der Waals surface area (Å²) < 4.78 is 19.9. The van der Waals surface area contributed by atoms with Gasteiger partial charge in [-0.2, -0.15) is 5.10 Å². The van der Waals surface area contributed by atoms with E-state index in [9.17, 15) is 24.1 Å². The Morgan fingerprint density at radius 3 is 2.66 bits per heavy atom. The zero-order valence-corrected chi connectivity index (χ0v) is 17.4. The summed E-state index contributed by atoms with van der Waals surface area (Å²) in [6.45, 7) is 1.17. The van der Waals surface area contributed by atoms with Crippen LogP contribution in [0.25, 0.3) is 15.9 Å². The molecule has 1 amide bonds. The lowest BCUT2D eigenvalue weighted by Crippen LogP contribution is -2.21. The number of hydrogen-bond acceptors (Lipinski definition) is 7. The molecule has 32 heavy (non-hydrogen) atoms. The van der Waals surface area contributed by atoms with Gasteiger partial charge in [-0.05, 0) is 43.3 Å². The number of esters is 1. The number of aryl methyl sites for hydroxylation is 1. The summed E-state index contributed by atoms with van der Waals surface area (Å²) in [4.78, 5) is 35.9. The van der Waals surface area contributed by atoms with E-state index >= 15 is 0 Å². The van der Waals surface area contributed by atoms with E-state index in [1.165, 1.54) is 30.3 Å². The van der Waals surface area contributed by atoms with Gasteiger partial charge in [0, 0.05) is 11.5 Å². The number of hydrogen-bond donors (Lipinski definition) is 1. The van der Waals surface area contributed by atoms with E-state index in [4.69, 9.17) is 4.74 Å². The van der Waals surface area contributed by atoms with E-state index in [1.54, 1.807) is 35.9 Å². The number of aromatic nitrogens is 2. The normalized spacial score (nSPS) is 10.8. The molecule has 0 aliphatic rings. The Balaban J connectivity index is 1.48. The second-order valence-electron chi connectivity index (χ2n) is 6.70. The number of para-hydroxylation sites is 2. The van der Waals surface area contributed by atoms with Gasteiger partial charge in [0.05, 0.1) is 16.3 Å². The maximum Gasteiger partial charge on any atom is 0.348 e. The number of nitrogens with zero attached hydrogens (tertiary/aromatic N) is 3. The number of anilines is 1. The van der Waals surface area contributed by atoms with E-state index in [2.05, 4.69) is 10.4 Å². The van der Waals surface area contributed by atoms with Crippen LogP contribution in [0, 0.1) is 22.9 Å². The molecule has 4 rings (SSSR count). The number of nitro groups is 1.